The van der Waals surface area contributed by atoms with Gasteiger partial charge in [-0.25, -0.2) is 0 Å². The lowest BCUT2D eigenvalue weighted by atomic mass is 9.75. The minimum atomic E-state index is -0.383. The number of hydrogen-bond donors (Lipinski definition) is 0. The van der Waals surface area contributed by atoms with Crippen molar-refractivity contribution >= 4 is 0 Å². The molecule has 1 heterocycles. The van der Waals surface area contributed by atoms with Crippen LogP contribution in [0.25, 0.3) is 0 Å². The van der Waals surface area contributed by atoms with E-state index in [0.29, 0.717) is 5.41 Å². The number of ether oxygens (including phenoxy) is 2. The molecule has 0 bridgehead atoms. The molecular weight excluding hydrogens is 164 g/mol. The van der Waals surface area contributed by atoms with Crippen LogP contribution in [0.2, 0.25) is 0 Å². The SMILES string of the molecule is CC1=CC2(CC(C)(C)C1)OCCO2. The van der Waals surface area contributed by atoms with Gasteiger partial charge in [0.25, 0.3) is 0 Å². The third kappa shape index (κ3) is 1.79. The monoisotopic (exact) mass is 182 g/mol. The van der Waals surface area contributed by atoms with Crippen molar-refractivity contribution in [1.82, 2.24) is 0 Å². The zero-order chi connectivity index (χ0) is 9.53. The van der Waals surface area contributed by atoms with Gasteiger partial charge in [-0.15, -0.1) is 0 Å². The summed E-state index contributed by atoms with van der Waals surface area (Å²) in [5, 5.41) is 0. The van der Waals surface area contributed by atoms with Gasteiger partial charge in [0.1, 0.15) is 0 Å². The average Bonchev–Trinajstić information content (AvgIpc) is 2.31. The summed E-state index contributed by atoms with van der Waals surface area (Å²) in [5.41, 5.74) is 1.70. The van der Waals surface area contributed by atoms with E-state index in [9.17, 15) is 0 Å². The first-order valence-corrected chi connectivity index (χ1v) is 4.98. The second-order valence-electron chi connectivity index (χ2n) is 5.02. The Morgan fingerprint density at radius 1 is 1.23 bits per heavy atom. The first-order chi connectivity index (χ1) is 6.02. The molecule has 1 fully saturated rings. The summed E-state index contributed by atoms with van der Waals surface area (Å²) < 4.78 is 11.4. The van der Waals surface area contributed by atoms with Crippen molar-refractivity contribution in [3.63, 3.8) is 0 Å². The van der Waals surface area contributed by atoms with E-state index in [4.69, 9.17) is 9.47 Å². The average molecular weight is 182 g/mol. The van der Waals surface area contributed by atoms with Gasteiger partial charge >= 0.3 is 0 Å². The molecule has 2 heteroatoms. The molecule has 0 aromatic carbocycles. The maximum absolute atomic E-state index is 5.69. The van der Waals surface area contributed by atoms with Gasteiger partial charge in [0, 0.05) is 6.42 Å². The largest absolute Gasteiger partial charge is 0.344 e. The van der Waals surface area contributed by atoms with E-state index in [-0.39, 0.29) is 5.79 Å². The highest BCUT2D eigenvalue weighted by atomic mass is 16.7. The number of rotatable bonds is 0. The normalized spacial score (nSPS) is 30.5. The third-order valence-electron chi connectivity index (χ3n) is 2.72. The van der Waals surface area contributed by atoms with E-state index in [1.54, 1.807) is 0 Å². The summed E-state index contributed by atoms with van der Waals surface area (Å²) in [5.74, 6) is -0.383. The molecule has 0 saturated carbocycles. The predicted molar refractivity (Wildman–Crippen MR) is 51.4 cm³/mol. The van der Waals surface area contributed by atoms with Crippen LogP contribution in [0.5, 0.6) is 0 Å². The van der Waals surface area contributed by atoms with Gasteiger partial charge in [0.15, 0.2) is 5.79 Å². The standard InChI is InChI=1S/C11H18O2/c1-9-6-10(2,3)8-11(7-9)12-4-5-13-11/h7H,4-6,8H2,1-3H3. The maximum atomic E-state index is 5.69. The Labute approximate surface area is 79.9 Å². The van der Waals surface area contributed by atoms with Crippen molar-refractivity contribution in [2.24, 2.45) is 5.41 Å². The number of allylic oxidation sites excluding steroid dienone is 1. The molecule has 74 valence electrons. The molecule has 1 saturated heterocycles. The van der Waals surface area contributed by atoms with Gasteiger partial charge in [-0.2, -0.15) is 0 Å². The minimum Gasteiger partial charge on any atom is -0.344 e. The van der Waals surface area contributed by atoms with Crippen molar-refractivity contribution in [3.8, 4) is 0 Å². The van der Waals surface area contributed by atoms with E-state index in [2.05, 4.69) is 26.8 Å². The lowest BCUT2D eigenvalue weighted by Crippen LogP contribution is -2.37. The quantitative estimate of drug-likeness (QED) is 0.536. The molecule has 1 aliphatic carbocycles. The van der Waals surface area contributed by atoms with Gasteiger partial charge in [-0.1, -0.05) is 19.4 Å². The first-order valence-electron chi connectivity index (χ1n) is 4.98. The molecule has 0 amide bonds. The first kappa shape index (κ1) is 9.22. The van der Waals surface area contributed by atoms with Crippen LogP contribution in [0.4, 0.5) is 0 Å². The van der Waals surface area contributed by atoms with Gasteiger partial charge in [-0.05, 0) is 24.8 Å². The molecule has 2 nitrogen and oxygen atoms in total. The molecule has 0 N–H and O–H groups in total. The highest BCUT2D eigenvalue weighted by molar-refractivity contribution is 5.15. The van der Waals surface area contributed by atoms with Gasteiger partial charge < -0.3 is 9.47 Å². The van der Waals surface area contributed by atoms with E-state index in [1.165, 1.54) is 5.57 Å². The molecule has 0 aromatic heterocycles. The summed E-state index contributed by atoms with van der Waals surface area (Å²) in [6, 6.07) is 0. The fraction of sp³-hybridized carbons (Fsp3) is 0.818. The Bertz CT molecular complexity index is 234. The van der Waals surface area contributed by atoms with Gasteiger partial charge in [0.05, 0.1) is 13.2 Å². The van der Waals surface area contributed by atoms with E-state index in [1.807, 2.05) is 0 Å². The summed E-state index contributed by atoms with van der Waals surface area (Å²) >= 11 is 0. The van der Waals surface area contributed by atoms with Crippen molar-refractivity contribution in [2.45, 2.75) is 39.4 Å². The molecular formula is C11H18O2. The molecule has 2 rings (SSSR count). The summed E-state index contributed by atoms with van der Waals surface area (Å²) in [6.07, 6.45) is 4.30. The Hall–Kier alpha value is -0.340. The van der Waals surface area contributed by atoms with Crippen LogP contribution in [-0.4, -0.2) is 19.0 Å². The van der Waals surface area contributed by atoms with E-state index in [0.717, 1.165) is 26.1 Å². The molecule has 2 aliphatic rings. The fourth-order valence-electron chi connectivity index (χ4n) is 2.62. The van der Waals surface area contributed by atoms with Crippen molar-refractivity contribution in [3.05, 3.63) is 11.6 Å². The maximum Gasteiger partial charge on any atom is 0.188 e. The molecule has 1 aliphatic heterocycles. The smallest absolute Gasteiger partial charge is 0.188 e. The Balaban J connectivity index is 2.25. The topological polar surface area (TPSA) is 18.5 Å². The van der Waals surface area contributed by atoms with Crippen LogP contribution in [0, 0.1) is 5.41 Å². The Morgan fingerprint density at radius 2 is 1.85 bits per heavy atom. The highest BCUT2D eigenvalue weighted by Crippen LogP contribution is 2.43. The second-order valence-corrected chi connectivity index (χ2v) is 5.02. The lowest BCUT2D eigenvalue weighted by molar-refractivity contribution is -0.145. The molecule has 13 heavy (non-hydrogen) atoms. The lowest BCUT2D eigenvalue weighted by Gasteiger charge is -2.38. The molecule has 0 unspecified atom stereocenters. The van der Waals surface area contributed by atoms with Crippen LogP contribution < -0.4 is 0 Å². The minimum absolute atomic E-state index is 0.309. The van der Waals surface area contributed by atoms with E-state index < -0.39 is 0 Å². The zero-order valence-corrected chi connectivity index (χ0v) is 8.72. The Morgan fingerprint density at radius 3 is 2.38 bits per heavy atom. The molecule has 0 aromatic rings. The third-order valence-corrected chi connectivity index (χ3v) is 2.72. The molecule has 1 spiro atoms. The Kier molecular flexibility index (Phi) is 2.00. The highest BCUT2D eigenvalue weighted by Gasteiger charge is 2.42. The van der Waals surface area contributed by atoms with Crippen LogP contribution in [0.3, 0.4) is 0 Å². The van der Waals surface area contributed by atoms with Crippen LogP contribution in [0.15, 0.2) is 11.6 Å². The van der Waals surface area contributed by atoms with Crippen LogP contribution >= 0.6 is 0 Å². The number of hydrogen-bond acceptors (Lipinski definition) is 2. The molecule has 0 radical (unpaired) electrons. The van der Waals surface area contributed by atoms with Crippen molar-refractivity contribution < 1.29 is 9.47 Å². The van der Waals surface area contributed by atoms with Gasteiger partial charge in [0.2, 0.25) is 0 Å². The predicted octanol–water partition coefficient (Wildman–Crippen LogP) is 2.50. The summed E-state index contributed by atoms with van der Waals surface area (Å²) in [7, 11) is 0. The second kappa shape index (κ2) is 2.82. The van der Waals surface area contributed by atoms with Gasteiger partial charge in [-0.3, -0.25) is 0 Å². The molecule has 0 atom stereocenters. The van der Waals surface area contributed by atoms with Crippen LogP contribution in [-0.2, 0) is 9.47 Å². The summed E-state index contributed by atoms with van der Waals surface area (Å²) in [6.45, 7) is 8.18. The van der Waals surface area contributed by atoms with E-state index >= 15 is 0 Å². The fourth-order valence-corrected chi connectivity index (χ4v) is 2.62. The summed E-state index contributed by atoms with van der Waals surface area (Å²) in [4.78, 5) is 0. The zero-order valence-electron chi connectivity index (χ0n) is 8.72. The van der Waals surface area contributed by atoms with Crippen LogP contribution in [0.1, 0.15) is 33.6 Å². The van der Waals surface area contributed by atoms with Crippen molar-refractivity contribution in [1.29, 1.82) is 0 Å². The van der Waals surface area contributed by atoms with Crippen molar-refractivity contribution in [2.75, 3.05) is 13.2 Å².